The van der Waals surface area contributed by atoms with E-state index >= 15 is 4.79 Å². The van der Waals surface area contributed by atoms with Crippen molar-refractivity contribution in [3.63, 3.8) is 0 Å². The molecule has 5 aromatic rings. The lowest BCUT2D eigenvalue weighted by Gasteiger charge is -2.50. The third-order valence-electron chi connectivity index (χ3n) is 12.4. The van der Waals surface area contributed by atoms with E-state index in [0.717, 1.165) is 10.6 Å². The van der Waals surface area contributed by atoms with E-state index in [1.54, 1.807) is 72.8 Å². The number of imide groups is 2. The summed E-state index contributed by atoms with van der Waals surface area (Å²) in [7, 11) is 1.51. The molecule has 57 heavy (non-hydrogen) atoms. The van der Waals surface area contributed by atoms with Crippen molar-refractivity contribution < 1.29 is 33.8 Å². The monoisotopic (exact) mass is 757 g/mol. The molecule has 0 bridgehead atoms. The molecule has 3 fully saturated rings. The third-order valence-corrected chi connectivity index (χ3v) is 12.4. The number of aryl methyl sites for hydroxylation is 1. The van der Waals surface area contributed by atoms with Crippen molar-refractivity contribution >= 4 is 40.8 Å². The number of allylic oxidation sites excluding steroid dienone is 2. The van der Waals surface area contributed by atoms with Crippen molar-refractivity contribution in [1.29, 1.82) is 0 Å². The normalized spacial score (nSPS) is 25.1. The van der Waals surface area contributed by atoms with Gasteiger partial charge in [0.05, 0.1) is 41.7 Å². The van der Waals surface area contributed by atoms with Crippen LogP contribution in [0, 0.1) is 30.6 Å². The average Bonchev–Trinajstić information content (AvgIpc) is 3.62. The molecule has 2 aliphatic heterocycles. The number of hydrazine groups is 1. The molecule has 2 N–H and O–H groups in total. The maximum Gasteiger partial charge on any atom is 0.260 e. The van der Waals surface area contributed by atoms with E-state index in [2.05, 4.69) is 5.43 Å². The predicted octanol–water partition coefficient (Wildman–Crippen LogP) is 7.13. The van der Waals surface area contributed by atoms with Crippen molar-refractivity contribution in [1.82, 2.24) is 5.01 Å². The lowest BCUT2D eigenvalue weighted by atomic mass is 9.49. The lowest BCUT2D eigenvalue weighted by molar-refractivity contribution is -0.138. The highest BCUT2D eigenvalue weighted by Crippen LogP contribution is 2.65. The number of rotatable bonds is 8. The van der Waals surface area contributed by atoms with Gasteiger partial charge in [0.15, 0.2) is 5.78 Å². The van der Waals surface area contributed by atoms with Crippen LogP contribution in [0.15, 0.2) is 139 Å². The summed E-state index contributed by atoms with van der Waals surface area (Å²) in [6.07, 6.45) is 2.27. The Kier molecular flexibility index (Phi) is 8.64. The predicted molar refractivity (Wildman–Crippen MR) is 212 cm³/mol. The number of fused-ring (bicyclic) bond motifs is 4. The first kappa shape index (κ1) is 35.9. The molecule has 1 saturated carbocycles. The van der Waals surface area contributed by atoms with Crippen molar-refractivity contribution in [2.24, 2.45) is 23.7 Å². The second-order valence-corrected chi connectivity index (χ2v) is 15.3. The number of phenols is 1. The maximum atomic E-state index is 15.4. The van der Waals surface area contributed by atoms with Crippen molar-refractivity contribution in [3.8, 4) is 11.5 Å². The number of benzene rings is 5. The molecule has 2 heterocycles. The number of amides is 4. The molecule has 5 aromatic carbocycles. The van der Waals surface area contributed by atoms with Crippen LogP contribution >= 0.6 is 0 Å². The van der Waals surface area contributed by atoms with E-state index in [1.165, 1.54) is 18.1 Å². The van der Waals surface area contributed by atoms with Crippen molar-refractivity contribution in [3.05, 3.63) is 167 Å². The highest BCUT2D eigenvalue weighted by atomic mass is 16.5. The largest absolute Gasteiger partial charge is 0.508 e. The van der Waals surface area contributed by atoms with Crippen LogP contribution in [-0.2, 0) is 24.6 Å². The zero-order chi connectivity index (χ0) is 39.6. The molecular weight excluding hydrogens is 719 g/mol. The maximum absolute atomic E-state index is 15.4. The number of hydrogen-bond donors (Lipinski definition) is 2. The fraction of sp³-hybridized carbons (Fsp3) is 0.213. The van der Waals surface area contributed by atoms with E-state index in [4.69, 9.17) is 4.74 Å². The van der Waals surface area contributed by atoms with E-state index in [1.807, 2.05) is 61.5 Å². The van der Waals surface area contributed by atoms with Crippen LogP contribution in [-0.4, -0.2) is 46.6 Å². The quantitative estimate of drug-likeness (QED) is 0.0971. The molecule has 0 radical (unpaired) electrons. The molecule has 284 valence electrons. The Hall–Kier alpha value is -6.81. The molecule has 6 unspecified atom stereocenters. The zero-order valence-corrected chi connectivity index (χ0v) is 31.3. The summed E-state index contributed by atoms with van der Waals surface area (Å²) in [6, 6.07) is 36.7. The highest BCUT2D eigenvalue weighted by molar-refractivity contribution is 6.23. The molecule has 2 saturated heterocycles. The molecular formula is C47H39N3O7. The molecule has 10 nitrogen and oxygen atoms in total. The second-order valence-electron chi connectivity index (χ2n) is 15.3. The number of anilines is 2. The standard InChI is InChI=1S/C47H39N3O7/c1-27-13-17-31(18-14-27)48-50-44(54)38-26-36-34(41(37-25-33(57-2)21-24-39(37)51)47(38,46(50)56)30-11-7-4-8-12-30)22-23-35-40(36)45(55)49(43(35)53)32-19-15-29(16-20-32)42(52)28-9-5-3-6-10-28/h3-22,24-25,35-36,38,40-41,48,51H,23,26H2,1-2H3. The number of ketones is 1. The van der Waals surface area contributed by atoms with Gasteiger partial charge in [-0.05, 0) is 85.8 Å². The first-order chi connectivity index (χ1) is 27.6. The van der Waals surface area contributed by atoms with Gasteiger partial charge in [0, 0.05) is 22.6 Å². The third kappa shape index (κ3) is 5.50. The van der Waals surface area contributed by atoms with Gasteiger partial charge in [-0.1, -0.05) is 90.0 Å². The first-order valence-electron chi connectivity index (χ1n) is 19.0. The van der Waals surface area contributed by atoms with Crippen LogP contribution in [0.4, 0.5) is 11.4 Å². The van der Waals surface area contributed by atoms with E-state index in [-0.39, 0.29) is 30.3 Å². The summed E-state index contributed by atoms with van der Waals surface area (Å²) < 4.78 is 5.62. The number of carbonyl (C=O) groups is 5. The van der Waals surface area contributed by atoms with Gasteiger partial charge < -0.3 is 9.84 Å². The Morgan fingerprint density at radius 3 is 2.12 bits per heavy atom. The number of aromatic hydroxyl groups is 1. The molecule has 4 amide bonds. The van der Waals surface area contributed by atoms with Gasteiger partial charge >= 0.3 is 0 Å². The molecule has 4 aliphatic rings. The molecule has 2 aliphatic carbocycles. The number of carbonyl (C=O) groups excluding carboxylic acids is 5. The minimum atomic E-state index is -1.54. The van der Waals surface area contributed by atoms with Crippen LogP contribution in [0.25, 0.3) is 0 Å². The van der Waals surface area contributed by atoms with Gasteiger partial charge in [0.2, 0.25) is 11.8 Å². The van der Waals surface area contributed by atoms with Gasteiger partial charge in [-0.2, -0.15) is 5.01 Å². The Bertz CT molecular complexity index is 2480. The summed E-state index contributed by atoms with van der Waals surface area (Å²) >= 11 is 0. The van der Waals surface area contributed by atoms with Crippen LogP contribution in [0.5, 0.6) is 11.5 Å². The minimum Gasteiger partial charge on any atom is -0.508 e. The fourth-order valence-corrected chi connectivity index (χ4v) is 9.75. The van der Waals surface area contributed by atoms with Gasteiger partial charge in [-0.15, -0.1) is 0 Å². The molecule has 10 heteroatoms. The number of ether oxygens (including phenoxy) is 1. The Labute approximate surface area is 329 Å². The van der Waals surface area contributed by atoms with E-state index in [0.29, 0.717) is 45.0 Å². The minimum absolute atomic E-state index is 0.0932. The fourth-order valence-electron chi connectivity index (χ4n) is 9.75. The number of nitrogens with zero attached hydrogens (tertiary/aromatic N) is 2. The van der Waals surface area contributed by atoms with Crippen LogP contribution in [0.2, 0.25) is 0 Å². The van der Waals surface area contributed by atoms with E-state index in [9.17, 15) is 24.3 Å². The van der Waals surface area contributed by atoms with Crippen LogP contribution in [0.1, 0.15) is 51.4 Å². The molecule has 0 aromatic heterocycles. The number of phenolic OH excluding ortho intramolecular Hbond substituents is 1. The number of nitrogens with one attached hydrogen (secondary N) is 1. The average molecular weight is 758 g/mol. The SMILES string of the molecule is COc1ccc(O)c(C2C3=CCC4C(=O)N(c5ccc(C(=O)c6ccccc6)cc5)C(=O)C4C3CC3C(=O)N(Nc4ccc(C)cc4)C(=O)C32c2ccccc2)c1. The van der Waals surface area contributed by atoms with Gasteiger partial charge in [-0.25, -0.2) is 0 Å². The summed E-state index contributed by atoms with van der Waals surface area (Å²) in [5.74, 6) is -5.63. The highest BCUT2D eigenvalue weighted by Gasteiger charge is 2.70. The first-order valence-corrected chi connectivity index (χ1v) is 19.0. The smallest absolute Gasteiger partial charge is 0.260 e. The second kappa shape index (κ2) is 13.7. The zero-order valence-electron chi connectivity index (χ0n) is 31.3. The van der Waals surface area contributed by atoms with Gasteiger partial charge in [0.1, 0.15) is 11.5 Å². The molecule has 9 rings (SSSR count). The van der Waals surface area contributed by atoms with Crippen LogP contribution in [0.3, 0.4) is 0 Å². The summed E-state index contributed by atoms with van der Waals surface area (Å²) in [6.45, 7) is 1.95. The Balaban J connectivity index is 1.16. The molecule has 6 atom stereocenters. The van der Waals surface area contributed by atoms with Crippen LogP contribution < -0.4 is 15.1 Å². The van der Waals surface area contributed by atoms with Gasteiger partial charge in [-0.3, -0.25) is 34.3 Å². The van der Waals surface area contributed by atoms with Crippen molar-refractivity contribution in [2.75, 3.05) is 17.4 Å². The van der Waals surface area contributed by atoms with Crippen molar-refractivity contribution in [2.45, 2.75) is 31.1 Å². The number of hydrogen-bond acceptors (Lipinski definition) is 8. The Morgan fingerprint density at radius 1 is 0.772 bits per heavy atom. The summed E-state index contributed by atoms with van der Waals surface area (Å²) in [5, 5.41) is 12.8. The van der Waals surface area contributed by atoms with Gasteiger partial charge in [0.25, 0.3) is 11.8 Å². The summed E-state index contributed by atoms with van der Waals surface area (Å²) in [5.41, 5.74) is 6.09. The Morgan fingerprint density at radius 2 is 1.44 bits per heavy atom. The molecule has 0 spiro atoms. The van der Waals surface area contributed by atoms with E-state index < -0.39 is 52.7 Å². The summed E-state index contributed by atoms with van der Waals surface area (Å²) in [4.78, 5) is 73.7. The topological polar surface area (TPSA) is 133 Å². The number of methoxy groups -OCH3 is 1. The lowest BCUT2D eigenvalue weighted by Crippen LogP contribution is -2.53.